The van der Waals surface area contributed by atoms with Gasteiger partial charge in [0.05, 0.1) is 0 Å². The van der Waals surface area contributed by atoms with E-state index in [-0.39, 0.29) is 0 Å². The maximum atomic E-state index is 2.45. The summed E-state index contributed by atoms with van der Waals surface area (Å²) >= 11 is 0. The van der Waals surface area contributed by atoms with Gasteiger partial charge >= 0.3 is 0 Å². The average molecular weight is 246 g/mol. The fourth-order valence-corrected chi connectivity index (χ4v) is 2.92. The van der Waals surface area contributed by atoms with Crippen molar-refractivity contribution in [2.45, 2.75) is 72.6 Å². The van der Waals surface area contributed by atoms with Crippen molar-refractivity contribution in [2.24, 2.45) is 5.92 Å². The summed E-state index contributed by atoms with van der Waals surface area (Å²) in [5, 5.41) is 0. The van der Waals surface area contributed by atoms with Gasteiger partial charge in [0.1, 0.15) is 0 Å². The molecule has 0 spiro atoms. The van der Waals surface area contributed by atoms with Crippen molar-refractivity contribution in [3.05, 3.63) is 34.9 Å². The molecule has 1 aliphatic rings. The Morgan fingerprint density at radius 3 is 2.28 bits per heavy atom. The molecule has 1 unspecified atom stereocenters. The van der Waals surface area contributed by atoms with Crippen molar-refractivity contribution in [1.82, 2.24) is 0 Å². The molecule has 0 saturated heterocycles. The van der Waals surface area contributed by atoms with Crippen LogP contribution in [0.15, 0.2) is 18.2 Å². The van der Waals surface area contributed by atoms with E-state index < -0.39 is 0 Å². The van der Waals surface area contributed by atoms with Crippen molar-refractivity contribution in [1.29, 1.82) is 0 Å². The van der Waals surface area contributed by atoms with Crippen LogP contribution < -0.4 is 0 Å². The molecule has 0 nitrogen and oxygen atoms in total. The summed E-state index contributed by atoms with van der Waals surface area (Å²) in [4.78, 5) is 0. The second-order valence-corrected chi connectivity index (χ2v) is 5.86. The molecule has 1 aromatic carbocycles. The lowest BCUT2D eigenvalue weighted by molar-refractivity contribution is 0.433. The number of aryl methyl sites for hydroxylation is 1. The molecular formula is C18H30. The minimum atomic E-state index is 0.657. The monoisotopic (exact) mass is 246 g/mol. The Labute approximate surface area is 114 Å². The van der Waals surface area contributed by atoms with E-state index in [9.17, 15) is 0 Å². The van der Waals surface area contributed by atoms with Gasteiger partial charge in [-0.15, -0.1) is 0 Å². The van der Waals surface area contributed by atoms with Crippen molar-refractivity contribution in [3.8, 4) is 0 Å². The van der Waals surface area contributed by atoms with Gasteiger partial charge in [0.2, 0.25) is 0 Å². The lowest BCUT2D eigenvalue weighted by Gasteiger charge is -2.29. The Bertz CT molecular complexity index is 360. The topological polar surface area (TPSA) is 0 Å². The van der Waals surface area contributed by atoms with Gasteiger partial charge < -0.3 is 0 Å². The number of hydrogen-bond donors (Lipinski definition) is 0. The Morgan fingerprint density at radius 1 is 1.06 bits per heavy atom. The zero-order chi connectivity index (χ0) is 13.7. The highest BCUT2D eigenvalue weighted by molar-refractivity contribution is 5.37. The fourth-order valence-electron chi connectivity index (χ4n) is 2.92. The first kappa shape index (κ1) is 15.3. The molecule has 0 radical (unpaired) electrons. The summed E-state index contributed by atoms with van der Waals surface area (Å²) in [6.45, 7) is 13.3. The summed E-state index contributed by atoms with van der Waals surface area (Å²) in [6, 6.07) is 7.19. The minimum Gasteiger partial charge on any atom is -0.0683 e. The first-order valence-corrected chi connectivity index (χ1v) is 7.72. The smallest absolute Gasteiger partial charge is 0.0136 e. The van der Waals surface area contributed by atoms with Crippen LogP contribution in [0.5, 0.6) is 0 Å². The number of hydrogen-bond acceptors (Lipinski definition) is 0. The molecule has 102 valence electrons. The summed E-state index contributed by atoms with van der Waals surface area (Å²) in [7, 11) is 0. The van der Waals surface area contributed by atoms with Crippen molar-refractivity contribution >= 4 is 0 Å². The molecule has 1 atom stereocenters. The molecule has 1 aromatic rings. The summed E-state index contributed by atoms with van der Waals surface area (Å²) in [6.07, 6.45) is 4.04. The first-order valence-electron chi connectivity index (χ1n) is 7.72. The quantitative estimate of drug-likeness (QED) is 0.608. The maximum absolute atomic E-state index is 2.45. The van der Waals surface area contributed by atoms with Crippen LogP contribution in [0.2, 0.25) is 0 Å². The van der Waals surface area contributed by atoms with Crippen LogP contribution in [0.25, 0.3) is 0 Å². The van der Waals surface area contributed by atoms with Crippen molar-refractivity contribution < 1.29 is 0 Å². The fraction of sp³-hybridized carbons (Fsp3) is 0.667. The lowest BCUT2D eigenvalue weighted by atomic mass is 9.76. The van der Waals surface area contributed by atoms with E-state index in [0.717, 1.165) is 11.8 Å². The third-order valence-corrected chi connectivity index (χ3v) is 4.00. The summed E-state index contributed by atoms with van der Waals surface area (Å²) < 4.78 is 0. The van der Waals surface area contributed by atoms with Crippen LogP contribution >= 0.6 is 0 Å². The van der Waals surface area contributed by atoms with Gasteiger partial charge in [-0.05, 0) is 53.7 Å². The number of benzene rings is 1. The molecule has 0 aliphatic heterocycles. The zero-order valence-corrected chi connectivity index (χ0v) is 13.1. The number of rotatable bonds is 2. The maximum Gasteiger partial charge on any atom is -0.0136 e. The van der Waals surface area contributed by atoms with Gasteiger partial charge in [-0.3, -0.25) is 0 Å². The van der Waals surface area contributed by atoms with Gasteiger partial charge in [0, 0.05) is 0 Å². The van der Waals surface area contributed by atoms with Gasteiger partial charge in [-0.1, -0.05) is 59.7 Å². The van der Waals surface area contributed by atoms with Crippen LogP contribution in [0, 0.1) is 5.92 Å². The molecule has 0 heterocycles. The average Bonchev–Trinajstić information content (AvgIpc) is 2.39. The number of fused-ring (bicyclic) bond motifs is 1. The van der Waals surface area contributed by atoms with E-state index in [4.69, 9.17) is 0 Å². The normalized spacial score (nSPS) is 18.3. The Morgan fingerprint density at radius 2 is 1.72 bits per heavy atom. The lowest BCUT2D eigenvalue weighted by Crippen LogP contribution is -2.15. The van der Waals surface area contributed by atoms with Crippen LogP contribution in [0.4, 0.5) is 0 Å². The third kappa shape index (κ3) is 3.37. The predicted molar refractivity (Wildman–Crippen MR) is 82.4 cm³/mol. The van der Waals surface area contributed by atoms with E-state index in [1.165, 1.54) is 24.8 Å². The molecule has 2 rings (SSSR count). The Balaban J connectivity index is 0.000000771. The highest BCUT2D eigenvalue weighted by Crippen LogP contribution is 2.37. The van der Waals surface area contributed by atoms with Gasteiger partial charge in [-0.25, -0.2) is 0 Å². The minimum absolute atomic E-state index is 0.657. The molecule has 0 bridgehead atoms. The largest absolute Gasteiger partial charge is 0.0683 e. The van der Waals surface area contributed by atoms with E-state index in [2.05, 4.69) is 45.9 Å². The van der Waals surface area contributed by atoms with Crippen LogP contribution in [0.1, 0.15) is 82.9 Å². The molecule has 0 fully saturated rings. The second-order valence-electron chi connectivity index (χ2n) is 5.86. The molecular weight excluding hydrogens is 216 g/mol. The Kier molecular flexibility index (Phi) is 5.91. The van der Waals surface area contributed by atoms with Crippen LogP contribution in [-0.4, -0.2) is 0 Å². The SMILES string of the molecule is CC.CC(C)c1ccc2c(c1)CCCC2C(C)C. The van der Waals surface area contributed by atoms with Crippen molar-refractivity contribution in [2.75, 3.05) is 0 Å². The highest BCUT2D eigenvalue weighted by atomic mass is 14.3. The van der Waals surface area contributed by atoms with Gasteiger partial charge in [0.25, 0.3) is 0 Å². The molecule has 0 amide bonds. The third-order valence-electron chi connectivity index (χ3n) is 4.00. The summed E-state index contributed by atoms with van der Waals surface area (Å²) in [5.74, 6) is 2.23. The van der Waals surface area contributed by atoms with E-state index in [0.29, 0.717) is 5.92 Å². The van der Waals surface area contributed by atoms with Crippen LogP contribution in [0.3, 0.4) is 0 Å². The molecule has 0 heteroatoms. The van der Waals surface area contributed by atoms with E-state index in [1.54, 1.807) is 11.1 Å². The molecule has 0 saturated carbocycles. The predicted octanol–water partition coefficient (Wildman–Crippen LogP) is 5.91. The van der Waals surface area contributed by atoms with Crippen LogP contribution in [-0.2, 0) is 6.42 Å². The summed E-state index contributed by atoms with van der Waals surface area (Å²) in [5.41, 5.74) is 4.75. The molecule has 0 aromatic heterocycles. The Hall–Kier alpha value is -0.780. The van der Waals surface area contributed by atoms with Gasteiger partial charge in [0.15, 0.2) is 0 Å². The van der Waals surface area contributed by atoms with Crippen molar-refractivity contribution in [3.63, 3.8) is 0 Å². The van der Waals surface area contributed by atoms with Gasteiger partial charge in [-0.2, -0.15) is 0 Å². The molecule has 18 heavy (non-hydrogen) atoms. The van der Waals surface area contributed by atoms with E-state index in [1.807, 2.05) is 13.8 Å². The molecule has 0 N–H and O–H groups in total. The first-order chi connectivity index (χ1) is 8.59. The van der Waals surface area contributed by atoms with E-state index >= 15 is 0 Å². The molecule has 1 aliphatic carbocycles. The zero-order valence-electron chi connectivity index (χ0n) is 13.1. The standard InChI is InChI=1S/C16H24.C2H6/c1-11(2)13-8-9-16-14(10-13)6-5-7-15(16)12(3)4;1-2/h8-12,15H,5-7H2,1-4H3;1-2H3. The second kappa shape index (κ2) is 6.97. The highest BCUT2D eigenvalue weighted by Gasteiger charge is 2.22.